The fourth-order valence-electron chi connectivity index (χ4n) is 3.80. The van der Waals surface area contributed by atoms with Gasteiger partial charge in [0.1, 0.15) is 6.04 Å². The van der Waals surface area contributed by atoms with Crippen LogP contribution in [0.2, 0.25) is 25.1 Å². The number of fused-ring (bicyclic) bond motifs is 1. The van der Waals surface area contributed by atoms with Gasteiger partial charge in [-0.05, 0) is 26.0 Å². The zero-order valence-electron chi connectivity index (χ0n) is 18.6. The molecule has 3 aromatic carbocycles. The Morgan fingerprint density at radius 1 is 0.778 bits per heavy atom. The van der Waals surface area contributed by atoms with E-state index in [2.05, 4.69) is 0 Å². The minimum atomic E-state index is -1.32. The van der Waals surface area contributed by atoms with Gasteiger partial charge >= 0.3 is 0 Å². The molecule has 184 valence electrons. The van der Waals surface area contributed by atoms with E-state index in [1.54, 1.807) is 36.4 Å². The molecule has 1 aliphatic rings. The molecule has 1 aliphatic heterocycles. The van der Waals surface area contributed by atoms with E-state index in [1.165, 1.54) is 19.1 Å². The maximum Gasteiger partial charge on any atom is 0.282 e. The number of Topliss-reactive ketones (excluding diaryl/α,β-unsaturated/α-hetero) is 1. The fourth-order valence-corrected chi connectivity index (χ4v) is 5.03. The smallest absolute Gasteiger partial charge is 0.282 e. The van der Waals surface area contributed by atoms with Crippen LogP contribution in [0.5, 0.6) is 0 Å². The minimum absolute atomic E-state index is 0.0347. The summed E-state index contributed by atoms with van der Waals surface area (Å²) in [6.07, 6.45) is 0. The summed E-state index contributed by atoms with van der Waals surface area (Å²) in [5, 5.41) is 0.283. The molecule has 1 atom stereocenters. The van der Waals surface area contributed by atoms with Gasteiger partial charge in [-0.2, -0.15) is 5.01 Å². The Labute approximate surface area is 231 Å². The lowest BCUT2D eigenvalue weighted by atomic mass is 10.0. The Kier molecular flexibility index (Phi) is 7.37. The van der Waals surface area contributed by atoms with Crippen LogP contribution in [0, 0.1) is 6.92 Å². The van der Waals surface area contributed by atoms with Gasteiger partial charge in [0, 0.05) is 5.56 Å². The number of benzene rings is 3. The molecule has 0 aliphatic carbocycles. The summed E-state index contributed by atoms with van der Waals surface area (Å²) in [6, 6.07) is 11.3. The van der Waals surface area contributed by atoms with Crippen LogP contribution in [0.4, 0.5) is 0 Å². The maximum atomic E-state index is 13.8. The summed E-state index contributed by atoms with van der Waals surface area (Å²) < 4.78 is 0. The number of rotatable bonds is 5. The molecule has 36 heavy (non-hydrogen) atoms. The van der Waals surface area contributed by atoms with Crippen LogP contribution in [-0.4, -0.2) is 39.6 Å². The molecule has 1 heterocycles. The first kappa shape index (κ1) is 26.5. The third-order valence-corrected chi connectivity index (χ3v) is 7.82. The van der Waals surface area contributed by atoms with Crippen molar-refractivity contribution < 1.29 is 19.2 Å². The predicted octanol–water partition coefficient (Wildman–Crippen LogP) is 7.19. The number of amides is 3. The van der Waals surface area contributed by atoms with Crippen LogP contribution in [-0.2, 0) is 0 Å². The van der Waals surface area contributed by atoms with E-state index < -0.39 is 29.5 Å². The molecule has 0 unspecified atom stereocenters. The second-order valence-corrected chi connectivity index (χ2v) is 9.88. The Balaban J connectivity index is 1.88. The van der Waals surface area contributed by atoms with Crippen LogP contribution >= 0.6 is 58.0 Å². The highest BCUT2D eigenvalue weighted by atomic mass is 35.5. The summed E-state index contributed by atoms with van der Waals surface area (Å²) in [5.74, 6) is -3.39. The van der Waals surface area contributed by atoms with Crippen molar-refractivity contribution >= 4 is 81.5 Å². The van der Waals surface area contributed by atoms with E-state index in [4.69, 9.17) is 58.0 Å². The normalized spacial score (nSPS) is 13.6. The van der Waals surface area contributed by atoms with Crippen molar-refractivity contribution in [1.82, 2.24) is 10.0 Å². The topological polar surface area (TPSA) is 74.8 Å². The van der Waals surface area contributed by atoms with Crippen molar-refractivity contribution in [3.05, 3.63) is 101 Å². The highest BCUT2D eigenvalue weighted by Crippen LogP contribution is 2.45. The number of ketones is 1. The van der Waals surface area contributed by atoms with E-state index in [9.17, 15) is 19.2 Å². The SMILES string of the molecule is Cc1ccc(C(=O)[C@@H](C)N(C(=O)c2ccccc2Cl)N2C(=O)c3c(Cl)c(Cl)c(Cl)c(Cl)c3C2=O)cc1. The molecule has 6 nitrogen and oxygen atoms in total. The van der Waals surface area contributed by atoms with Gasteiger partial charge in [0.25, 0.3) is 17.7 Å². The average molecular weight is 585 g/mol. The van der Waals surface area contributed by atoms with Crippen molar-refractivity contribution in [3.8, 4) is 0 Å². The van der Waals surface area contributed by atoms with Crippen LogP contribution in [0.3, 0.4) is 0 Å². The quantitative estimate of drug-likeness (QED) is 0.138. The van der Waals surface area contributed by atoms with Gasteiger partial charge in [0.2, 0.25) is 0 Å². The van der Waals surface area contributed by atoms with Crippen molar-refractivity contribution in [3.63, 3.8) is 0 Å². The number of hydrazine groups is 1. The molecule has 0 bridgehead atoms. The van der Waals surface area contributed by atoms with Gasteiger partial charge in [-0.25, -0.2) is 5.01 Å². The number of nitrogens with zero attached hydrogens (tertiary/aromatic N) is 2. The number of imide groups is 1. The average Bonchev–Trinajstić information content (AvgIpc) is 3.12. The lowest BCUT2D eigenvalue weighted by Crippen LogP contribution is -2.56. The first-order chi connectivity index (χ1) is 17.0. The van der Waals surface area contributed by atoms with E-state index in [0.29, 0.717) is 5.01 Å². The molecule has 0 radical (unpaired) electrons. The molecule has 0 fully saturated rings. The molecule has 3 aromatic rings. The lowest BCUT2D eigenvalue weighted by molar-refractivity contribution is -0.00679. The van der Waals surface area contributed by atoms with E-state index >= 15 is 0 Å². The van der Waals surface area contributed by atoms with Gasteiger partial charge < -0.3 is 0 Å². The Hall–Kier alpha value is -2.61. The van der Waals surface area contributed by atoms with Gasteiger partial charge in [-0.3, -0.25) is 19.2 Å². The van der Waals surface area contributed by atoms with E-state index in [0.717, 1.165) is 10.6 Å². The summed E-state index contributed by atoms with van der Waals surface area (Å²) >= 11 is 31.0. The van der Waals surface area contributed by atoms with Crippen molar-refractivity contribution in [2.75, 3.05) is 0 Å². The molecular formula is C25H15Cl5N2O4. The second kappa shape index (κ2) is 10.0. The number of aryl methyl sites for hydroxylation is 1. The maximum absolute atomic E-state index is 13.8. The first-order valence-electron chi connectivity index (χ1n) is 10.4. The third-order valence-electron chi connectivity index (χ3n) is 5.69. The third kappa shape index (κ3) is 4.27. The highest BCUT2D eigenvalue weighted by Gasteiger charge is 2.48. The summed E-state index contributed by atoms with van der Waals surface area (Å²) in [7, 11) is 0. The number of hydrogen-bond donors (Lipinski definition) is 0. The summed E-state index contributed by atoms with van der Waals surface area (Å²) in [4.78, 5) is 54.3. The molecule has 0 saturated heterocycles. The summed E-state index contributed by atoms with van der Waals surface area (Å²) in [6.45, 7) is 3.25. The number of halogens is 5. The van der Waals surface area contributed by atoms with E-state index in [-0.39, 0.29) is 47.4 Å². The van der Waals surface area contributed by atoms with Crippen LogP contribution in [0.15, 0.2) is 48.5 Å². The van der Waals surface area contributed by atoms with Crippen LogP contribution < -0.4 is 0 Å². The molecule has 4 rings (SSSR count). The number of carbonyl (C=O) groups excluding carboxylic acids is 4. The monoisotopic (exact) mass is 582 g/mol. The van der Waals surface area contributed by atoms with Gasteiger partial charge in [-0.15, -0.1) is 0 Å². The fraction of sp³-hybridized carbons (Fsp3) is 0.120. The van der Waals surface area contributed by atoms with Gasteiger partial charge in [-0.1, -0.05) is 100.0 Å². The summed E-state index contributed by atoms with van der Waals surface area (Å²) in [5.41, 5.74) is 0.499. The lowest BCUT2D eigenvalue weighted by Gasteiger charge is -2.34. The Morgan fingerprint density at radius 2 is 1.28 bits per heavy atom. The van der Waals surface area contributed by atoms with Crippen LogP contribution in [0.1, 0.15) is 53.9 Å². The number of carbonyl (C=O) groups is 4. The van der Waals surface area contributed by atoms with Crippen molar-refractivity contribution in [1.29, 1.82) is 0 Å². The zero-order chi connectivity index (χ0) is 26.5. The standard InChI is InChI=1S/C25H15Cl5N2O4/c1-11-7-9-13(10-8-11)22(33)12(2)31(23(34)14-5-3-4-6-15(14)26)32-24(35)16-17(25(32)36)19(28)21(30)20(29)18(16)27/h3-10,12H,1-2H3/t12-/m1/s1. The van der Waals surface area contributed by atoms with Crippen molar-refractivity contribution in [2.24, 2.45) is 0 Å². The second-order valence-electron chi connectivity index (χ2n) is 7.96. The van der Waals surface area contributed by atoms with Crippen molar-refractivity contribution in [2.45, 2.75) is 19.9 Å². The first-order valence-corrected chi connectivity index (χ1v) is 12.3. The van der Waals surface area contributed by atoms with E-state index in [1.807, 2.05) is 6.92 Å². The minimum Gasteiger partial charge on any atom is -0.292 e. The highest BCUT2D eigenvalue weighted by molar-refractivity contribution is 6.55. The molecule has 0 spiro atoms. The molecule has 3 amide bonds. The molecule has 0 saturated carbocycles. The van der Waals surface area contributed by atoms with Gasteiger partial charge in [0.15, 0.2) is 5.78 Å². The Bertz CT molecular complexity index is 1410. The largest absolute Gasteiger partial charge is 0.292 e. The molecule has 11 heteroatoms. The molecular weight excluding hydrogens is 570 g/mol. The predicted molar refractivity (Wildman–Crippen MR) is 140 cm³/mol. The van der Waals surface area contributed by atoms with Gasteiger partial charge in [0.05, 0.1) is 41.8 Å². The molecule has 0 aromatic heterocycles. The van der Waals surface area contributed by atoms with Crippen LogP contribution in [0.25, 0.3) is 0 Å². The molecule has 0 N–H and O–H groups in total. The zero-order valence-corrected chi connectivity index (χ0v) is 22.4. The Morgan fingerprint density at radius 3 is 1.78 bits per heavy atom. The number of hydrogen-bond acceptors (Lipinski definition) is 4.